The summed E-state index contributed by atoms with van der Waals surface area (Å²) in [7, 11) is 0. The summed E-state index contributed by atoms with van der Waals surface area (Å²) in [5, 5.41) is 29.6. The molecule has 1 aliphatic heterocycles. The van der Waals surface area contributed by atoms with Crippen LogP contribution in [0.15, 0.2) is 0 Å². The van der Waals surface area contributed by atoms with Gasteiger partial charge >= 0.3 is 5.97 Å². The van der Waals surface area contributed by atoms with Gasteiger partial charge in [-0.1, -0.05) is 0 Å². The molecule has 0 saturated carbocycles. The first kappa shape index (κ1) is 19.0. The Bertz CT molecular complexity index is 451. The number of rotatable bonds is 9. The van der Waals surface area contributed by atoms with Gasteiger partial charge in [0.1, 0.15) is 18.8 Å². The van der Waals surface area contributed by atoms with Gasteiger partial charge in [-0.15, -0.1) is 5.06 Å². The molecule has 11 heteroatoms. The molecule has 0 radical (unpaired) electrons. The van der Waals surface area contributed by atoms with E-state index < -0.39 is 62.3 Å². The van der Waals surface area contributed by atoms with Gasteiger partial charge in [0.15, 0.2) is 0 Å². The summed E-state index contributed by atoms with van der Waals surface area (Å²) >= 11 is 0. The monoisotopic (exact) mass is 334 g/mol. The molecule has 0 aromatic rings. The van der Waals surface area contributed by atoms with Gasteiger partial charge in [0.25, 0.3) is 11.8 Å². The second-order valence-electron chi connectivity index (χ2n) is 4.84. The highest BCUT2D eigenvalue weighted by Gasteiger charge is 2.33. The Morgan fingerprint density at radius 3 is 2.04 bits per heavy atom. The summed E-state index contributed by atoms with van der Waals surface area (Å²) in [6.07, 6.45) is -0.0815. The predicted octanol–water partition coefficient (Wildman–Crippen LogP) is -3.56. The Balaban J connectivity index is 2.33. The van der Waals surface area contributed by atoms with Crippen molar-refractivity contribution in [3.8, 4) is 0 Å². The number of hydrogen-bond donors (Lipinski definition) is 4. The van der Waals surface area contributed by atoms with Crippen LogP contribution in [0.4, 0.5) is 0 Å². The number of nitrogens with zero attached hydrogens (tertiary/aromatic N) is 1. The average Bonchev–Trinajstić information content (AvgIpc) is 2.84. The third kappa shape index (κ3) is 5.25. The molecule has 11 nitrogen and oxygen atoms in total. The normalized spacial score (nSPS) is 15.0. The molecule has 0 atom stereocenters. The Kier molecular flexibility index (Phi) is 7.03. The van der Waals surface area contributed by atoms with Crippen LogP contribution in [0.25, 0.3) is 0 Å². The van der Waals surface area contributed by atoms with Gasteiger partial charge in [0, 0.05) is 12.8 Å². The molecule has 130 valence electrons. The summed E-state index contributed by atoms with van der Waals surface area (Å²) in [4.78, 5) is 49.8. The molecular formula is C12H18N2O9. The lowest BCUT2D eigenvalue weighted by Crippen LogP contribution is -2.57. The van der Waals surface area contributed by atoms with Crippen molar-refractivity contribution in [1.29, 1.82) is 0 Å². The Morgan fingerprint density at radius 1 is 1.04 bits per heavy atom. The first-order valence-electron chi connectivity index (χ1n) is 6.65. The summed E-state index contributed by atoms with van der Waals surface area (Å²) in [5.74, 6) is -3.12. The van der Waals surface area contributed by atoms with E-state index in [9.17, 15) is 19.2 Å². The number of imide groups is 1. The lowest BCUT2D eigenvalue weighted by molar-refractivity contribution is -0.200. The largest absolute Gasteiger partial charge is 0.394 e. The van der Waals surface area contributed by atoms with Gasteiger partial charge in [0.2, 0.25) is 5.91 Å². The summed E-state index contributed by atoms with van der Waals surface area (Å²) < 4.78 is 4.74. The standard InChI is InChI=1S/C12H18N2O9/c15-5-12(6-16,7-17)13-8(18)3-22-4-11(21)23-14-9(19)1-2-10(14)20/h15-17H,1-7H2,(H,13,18). The van der Waals surface area contributed by atoms with Crippen LogP contribution in [0.1, 0.15) is 12.8 Å². The maximum absolute atomic E-state index is 11.5. The number of hydroxylamine groups is 2. The minimum absolute atomic E-state index is 0.0407. The molecule has 1 heterocycles. The van der Waals surface area contributed by atoms with Crippen molar-refractivity contribution in [1.82, 2.24) is 10.4 Å². The zero-order chi connectivity index (χ0) is 17.5. The summed E-state index contributed by atoms with van der Waals surface area (Å²) in [6, 6.07) is 0. The molecular weight excluding hydrogens is 316 g/mol. The molecule has 0 aromatic heterocycles. The number of ether oxygens (including phenoxy) is 1. The maximum atomic E-state index is 11.5. The van der Waals surface area contributed by atoms with E-state index in [1.807, 2.05) is 0 Å². The Morgan fingerprint density at radius 2 is 1.57 bits per heavy atom. The fraction of sp³-hybridized carbons (Fsp3) is 0.667. The number of carbonyl (C=O) groups is 4. The Hall–Kier alpha value is -2.08. The molecule has 0 unspecified atom stereocenters. The van der Waals surface area contributed by atoms with Gasteiger partial charge in [-0.3, -0.25) is 14.4 Å². The van der Waals surface area contributed by atoms with Crippen molar-refractivity contribution in [2.45, 2.75) is 18.4 Å². The van der Waals surface area contributed by atoms with Crippen LogP contribution in [0.3, 0.4) is 0 Å². The van der Waals surface area contributed by atoms with Crippen molar-refractivity contribution in [2.75, 3.05) is 33.0 Å². The van der Waals surface area contributed by atoms with Gasteiger partial charge < -0.3 is 30.2 Å². The topological polar surface area (TPSA) is 163 Å². The Labute approximate surface area is 130 Å². The van der Waals surface area contributed by atoms with E-state index >= 15 is 0 Å². The molecule has 23 heavy (non-hydrogen) atoms. The first-order valence-corrected chi connectivity index (χ1v) is 6.65. The number of aliphatic hydroxyl groups is 3. The maximum Gasteiger partial charge on any atom is 0.358 e. The molecule has 4 N–H and O–H groups in total. The average molecular weight is 334 g/mol. The van der Waals surface area contributed by atoms with Gasteiger partial charge in [0.05, 0.1) is 19.8 Å². The van der Waals surface area contributed by atoms with Crippen LogP contribution in [0, 0.1) is 0 Å². The fourth-order valence-electron chi connectivity index (χ4n) is 1.61. The molecule has 1 aliphatic rings. The second kappa shape index (κ2) is 8.53. The van der Waals surface area contributed by atoms with Crippen molar-refractivity contribution >= 4 is 23.7 Å². The van der Waals surface area contributed by atoms with Crippen molar-refractivity contribution in [3.05, 3.63) is 0 Å². The number of nitrogens with one attached hydrogen (secondary N) is 1. The van der Waals surface area contributed by atoms with E-state index in [1.54, 1.807) is 0 Å². The second-order valence-corrected chi connectivity index (χ2v) is 4.84. The van der Waals surface area contributed by atoms with Gasteiger partial charge in [-0.05, 0) is 0 Å². The molecule has 0 aliphatic carbocycles. The quantitative estimate of drug-likeness (QED) is 0.312. The molecule has 3 amide bonds. The minimum Gasteiger partial charge on any atom is -0.394 e. The number of carbonyl (C=O) groups excluding carboxylic acids is 4. The van der Waals surface area contributed by atoms with Gasteiger partial charge in [-0.2, -0.15) is 0 Å². The lowest BCUT2D eigenvalue weighted by Gasteiger charge is -2.28. The van der Waals surface area contributed by atoms with E-state index in [1.165, 1.54) is 0 Å². The third-order valence-corrected chi connectivity index (χ3v) is 2.96. The van der Waals surface area contributed by atoms with Crippen molar-refractivity contribution in [2.24, 2.45) is 0 Å². The van der Waals surface area contributed by atoms with E-state index in [-0.39, 0.29) is 12.8 Å². The third-order valence-electron chi connectivity index (χ3n) is 2.96. The zero-order valence-corrected chi connectivity index (χ0v) is 12.2. The molecule has 1 fully saturated rings. The molecule has 0 spiro atoms. The van der Waals surface area contributed by atoms with Crippen LogP contribution in [0.5, 0.6) is 0 Å². The van der Waals surface area contributed by atoms with Crippen LogP contribution < -0.4 is 5.32 Å². The highest BCUT2D eigenvalue weighted by atomic mass is 16.7. The van der Waals surface area contributed by atoms with Crippen LogP contribution in [0.2, 0.25) is 0 Å². The molecule has 1 saturated heterocycles. The lowest BCUT2D eigenvalue weighted by atomic mass is 10.0. The van der Waals surface area contributed by atoms with Crippen LogP contribution in [-0.4, -0.2) is 82.6 Å². The molecule has 1 rings (SSSR count). The van der Waals surface area contributed by atoms with Crippen molar-refractivity contribution < 1.29 is 44.1 Å². The zero-order valence-electron chi connectivity index (χ0n) is 12.2. The predicted molar refractivity (Wildman–Crippen MR) is 70.1 cm³/mol. The molecule has 0 aromatic carbocycles. The fourth-order valence-corrected chi connectivity index (χ4v) is 1.61. The number of hydrogen-bond acceptors (Lipinski definition) is 9. The van der Waals surface area contributed by atoms with Gasteiger partial charge in [-0.25, -0.2) is 4.79 Å². The molecule has 0 bridgehead atoms. The van der Waals surface area contributed by atoms with E-state index in [4.69, 9.17) is 20.1 Å². The highest BCUT2D eigenvalue weighted by Crippen LogP contribution is 2.11. The van der Waals surface area contributed by atoms with Crippen molar-refractivity contribution in [3.63, 3.8) is 0 Å². The van der Waals surface area contributed by atoms with E-state index in [0.29, 0.717) is 5.06 Å². The summed E-state index contributed by atoms with van der Waals surface area (Å²) in [6.45, 7) is -3.43. The van der Waals surface area contributed by atoms with E-state index in [2.05, 4.69) is 10.2 Å². The number of amides is 3. The first-order chi connectivity index (χ1) is 10.9. The highest BCUT2D eigenvalue weighted by molar-refractivity contribution is 6.01. The smallest absolute Gasteiger partial charge is 0.358 e. The number of aliphatic hydroxyl groups excluding tert-OH is 3. The summed E-state index contributed by atoms with van der Waals surface area (Å²) in [5.41, 5.74) is -1.60. The van der Waals surface area contributed by atoms with E-state index in [0.717, 1.165) is 0 Å². The minimum atomic E-state index is -1.60. The van der Waals surface area contributed by atoms with Crippen LogP contribution in [-0.2, 0) is 28.8 Å². The van der Waals surface area contributed by atoms with Crippen LogP contribution >= 0.6 is 0 Å². The SMILES string of the molecule is O=C(COCC(=O)ON1C(=O)CCC1=O)NC(CO)(CO)CO.